The van der Waals surface area contributed by atoms with Crippen LogP contribution in [0.15, 0.2) is 12.1 Å². The maximum atomic E-state index is 5.75. The van der Waals surface area contributed by atoms with Crippen molar-refractivity contribution in [2.45, 2.75) is 19.7 Å². The van der Waals surface area contributed by atoms with Crippen molar-refractivity contribution in [2.75, 3.05) is 0 Å². The topological polar surface area (TPSA) is 0 Å². The average Bonchev–Trinajstić information content (AvgIpc) is 1.97. The molecule has 0 heterocycles. The Kier molecular flexibility index (Phi) is 3.19. The van der Waals surface area contributed by atoms with Crippen molar-refractivity contribution >= 4 is 34.2 Å². The Balaban J connectivity index is 3.21. The normalized spacial score (nSPS) is 10.2. The molecular formula is C9H10ClI. The minimum Gasteiger partial charge on any atom is -0.122 e. The first-order valence-electron chi connectivity index (χ1n) is 3.46. The highest BCUT2D eigenvalue weighted by Gasteiger charge is 2.00. The molecule has 0 N–H and O–H groups in total. The molecule has 1 aromatic carbocycles. The van der Waals surface area contributed by atoms with E-state index in [0.29, 0.717) is 5.88 Å². The molecule has 0 bridgehead atoms. The molecule has 0 aliphatic heterocycles. The molecule has 0 spiro atoms. The smallest absolute Gasteiger partial charge is 0.0484 e. The van der Waals surface area contributed by atoms with Gasteiger partial charge in [0.2, 0.25) is 0 Å². The van der Waals surface area contributed by atoms with E-state index in [2.05, 4.69) is 48.6 Å². The van der Waals surface area contributed by atoms with Gasteiger partial charge in [-0.2, -0.15) is 0 Å². The van der Waals surface area contributed by atoms with Crippen LogP contribution in [0, 0.1) is 17.4 Å². The van der Waals surface area contributed by atoms with Gasteiger partial charge in [-0.1, -0.05) is 6.07 Å². The summed E-state index contributed by atoms with van der Waals surface area (Å²) in [4.78, 5) is 0. The summed E-state index contributed by atoms with van der Waals surface area (Å²) < 4.78 is 1.26. The number of alkyl halides is 1. The average molecular weight is 281 g/mol. The number of halogens is 2. The minimum atomic E-state index is 0.611. The summed E-state index contributed by atoms with van der Waals surface area (Å²) in [6.07, 6.45) is 0. The van der Waals surface area contributed by atoms with Crippen molar-refractivity contribution in [3.05, 3.63) is 32.4 Å². The molecule has 0 aromatic heterocycles. The zero-order chi connectivity index (χ0) is 8.43. The highest BCUT2D eigenvalue weighted by molar-refractivity contribution is 14.1. The number of rotatable bonds is 1. The van der Waals surface area contributed by atoms with Crippen LogP contribution in [0.25, 0.3) is 0 Å². The molecule has 0 atom stereocenters. The van der Waals surface area contributed by atoms with Crippen LogP contribution in [0.5, 0.6) is 0 Å². The van der Waals surface area contributed by atoms with E-state index in [1.165, 1.54) is 20.3 Å². The predicted octanol–water partition coefficient (Wildman–Crippen LogP) is 3.65. The van der Waals surface area contributed by atoms with Crippen LogP contribution in [-0.2, 0) is 5.88 Å². The Labute approximate surface area is 86.1 Å². The Morgan fingerprint density at radius 2 is 1.82 bits per heavy atom. The maximum Gasteiger partial charge on any atom is 0.0484 e. The van der Waals surface area contributed by atoms with Gasteiger partial charge in [-0.05, 0) is 59.2 Å². The molecule has 0 fully saturated rings. The summed E-state index contributed by atoms with van der Waals surface area (Å²) in [5, 5.41) is 0. The molecular weight excluding hydrogens is 270 g/mol. The molecule has 0 amide bonds. The van der Waals surface area contributed by atoms with Crippen LogP contribution >= 0.6 is 34.2 Å². The molecule has 0 radical (unpaired) electrons. The maximum absolute atomic E-state index is 5.75. The quantitative estimate of drug-likeness (QED) is 0.544. The fourth-order valence-electron chi connectivity index (χ4n) is 0.943. The van der Waals surface area contributed by atoms with Gasteiger partial charge in [-0.25, -0.2) is 0 Å². The largest absolute Gasteiger partial charge is 0.122 e. The van der Waals surface area contributed by atoms with Crippen LogP contribution < -0.4 is 0 Å². The van der Waals surface area contributed by atoms with Gasteiger partial charge in [0.15, 0.2) is 0 Å². The zero-order valence-electron chi connectivity index (χ0n) is 6.62. The monoisotopic (exact) mass is 280 g/mol. The molecule has 1 aromatic rings. The third kappa shape index (κ3) is 2.09. The predicted molar refractivity (Wildman–Crippen MR) is 58.2 cm³/mol. The standard InChI is InChI=1S/C9H10ClI/c1-6-3-8(5-10)9(11)4-7(6)2/h3-4H,5H2,1-2H3. The van der Waals surface area contributed by atoms with E-state index in [1.807, 2.05) is 0 Å². The van der Waals surface area contributed by atoms with Gasteiger partial charge in [0, 0.05) is 9.45 Å². The van der Waals surface area contributed by atoms with Crippen LogP contribution in [0.2, 0.25) is 0 Å². The lowest BCUT2D eigenvalue weighted by atomic mass is 10.1. The second kappa shape index (κ2) is 3.76. The van der Waals surface area contributed by atoms with Crippen molar-refractivity contribution in [2.24, 2.45) is 0 Å². The SMILES string of the molecule is Cc1cc(I)c(CCl)cc1C. The second-order valence-electron chi connectivity index (χ2n) is 2.66. The lowest BCUT2D eigenvalue weighted by Gasteiger charge is -2.04. The molecule has 1 rings (SSSR count). The lowest BCUT2D eigenvalue weighted by molar-refractivity contribution is 1.26. The molecule has 60 valence electrons. The van der Waals surface area contributed by atoms with Crippen molar-refractivity contribution in [3.63, 3.8) is 0 Å². The highest BCUT2D eigenvalue weighted by atomic mass is 127. The highest BCUT2D eigenvalue weighted by Crippen LogP contribution is 2.19. The van der Waals surface area contributed by atoms with Gasteiger partial charge in [-0.3, -0.25) is 0 Å². The fraction of sp³-hybridized carbons (Fsp3) is 0.333. The van der Waals surface area contributed by atoms with E-state index in [4.69, 9.17) is 11.6 Å². The lowest BCUT2D eigenvalue weighted by Crippen LogP contribution is -1.89. The Morgan fingerprint density at radius 1 is 1.27 bits per heavy atom. The Bertz CT molecular complexity index is 269. The molecule has 0 saturated carbocycles. The molecule has 0 aliphatic carbocycles. The molecule has 11 heavy (non-hydrogen) atoms. The number of hydrogen-bond acceptors (Lipinski definition) is 0. The summed E-state index contributed by atoms with van der Waals surface area (Å²) >= 11 is 8.07. The van der Waals surface area contributed by atoms with E-state index in [9.17, 15) is 0 Å². The molecule has 0 saturated heterocycles. The third-order valence-corrected chi connectivity index (χ3v) is 3.10. The summed E-state index contributed by atoms with van der Waals surface area (Å²) in [5.41, 5.74) is 3.89. The first kappa shape index (κ1) is 9.33. The van der Waals surface area contributed by atoms with Crippen LogP contribution in [0.1, 0.15) is 16.7 Å². The van der Waals surface area contributed by atoms with E-state index in [-0.39, 0.29) is 0 Å². The number of hydrogen-bond donors (Lipinski definition) is 0. The van der Waals surface area contributed by atoms with Crippen molar-refractivity contribution in [1.82, 2.24) is 0 Å². The van der Waals surface area contributed by atoms with E-state index >= 15 is 0 Å². The summed E-state index contributed by atoms with van der Waals surface area (Å²) in [6.45, 7) is 4.23. The molecule has 2 heteroatoms. The summed E-state index contributed by atoms with van der Waals surface area (Å²) in [5.74, 6) is 0.611. The van der Waals surface area contributed by atoms with Crippen LogP contribution in [0.4, 0.5) is 0 Å². The first-order valence-corrected chi connectivity index (χ1v) is 5.08. The second-order valence-corrected chi connectivity index (χ2v) is 4.09. The Hall–Kier alpha value is 0.240. The van der Waals surface area contributed by atoms with Gasteiger partial charge in [-0.15, -0.1) is 11.6 Å². The zero-order valence-corrected chi connectivity index (χ0v) is 9.53. The fourth-order valence-corrected chi connectivity index (χ4v) is 2.20. The molecule has 0 aliphatic rings. The third-order valence-electron chi connectivity index (χ3n) is 1.81. The van der Waals surface area contributed by atoms with Gasteiger partial charge in [0.25, 0.3) is 0 Å². The molecule has 0 unspecified atom stereocenters. The summed E-state index contributed by atoms with van der Waals surface area (Å²) in [7, 11) is 0. The number of aryl methyl sites for hydroxylation is 2. The molecule has 0 nitrogen and oxygen atoms in total. The van der Waals surface area contributed by atoms with Crippen molar-refractivity contribution in [3.8, 4) is 0 Å². The van der Waals surface area contributed by atoms with E-state index in [0.717, 1.165) is 0 Å². The van der Waals surface area contributed by atoms with E-state index < -0.39 is 0 Å². The van der Waals surface area contributed by atoms with Gasteiger partial charge in [0.1, 0.15) is 0 Å². The minimum absolute atomic E-state index is 0.611. The van der Waals surface area contributed by atoms with Crippen LogP contribution in [0.3, 0.4) is 0 Å². The van der Waals surface area contributed by atoms with Gasteiger partial charge >= 0.3 is 0 Å². The summed E-state index contributed by atoms with van der Waals surface area (Å²) in [6, 6.07) is 4.33. The first-order chi connectivity index (χ1) is 5.15. The Morgan fingerprint density at radius 3 is 2.36 bits per heavy atom. The number of benzene rings is 1. The van der Waals surface area contributed by atoms with Gasteiger partial charge in [0.05, 0.1) is 0 Å². The van der Waals surface area contributed by atoms with Crippen molar-refractivity contribution in [1.29, 1.82) is 0 Å². The van der Waals surface area contributed by atoms with Gasteiger partial charge < -0.3 is 0 Å². The van der Waals surface area contributed by atoms with Crippen molar-refractivity contribution < 1.29 is 0 Å². The van der Waals surface area contributed by atoms with E-state index in [1.54, 1.807) is 0 Å². The van der Waals surface area contributed by atoms with Crippen LogP contribution in [-0.4, -0.2) is 0 Å².